The van der Waals surface area contributed by atoms with Crippen LogP contribution in [-0.2, 0) is 4.79 Å². The minimum absolute atomic E-state index is 0.107. The molecule has 0 radical (unpaired) electrons. The summed E-state index contributed by atoms with van der Waals surface area (Å²) in [5.74, 6) is -0.145. The minimum Gasteiger partial charge on any atom is -0.396 e. The van der Waals surface area contributed by atoms with Crippen molar-refractivity contribution in [2.45, 2.75) is 12.8 Å². The fraction of sp³-hybridized carbons (Fsp3) is 0.571. The van der Waals surface area contributed by atoms with E-state index in [1.54, 1.807) is 7.05 Å². The molecule has 0 unspecified atom stereocenters. The van der Waals surface area contributed by atoms with Gasteiger partial charge in [0, 0.05) is 19.2 Å². The maximum atomic E-state index is 10.7. The molecule has 0 rings (SSSR count). The van der Waals surface area contributed by atoms with Gasteiger partial charge in [-0.25, -0.2) is 0 Å². The SMILES string of the molecule is C=C(CCCO)C(=O)NC. The van der Waals surface area contributed by atoms with Gasteiger partial charge in [-0.2, -0.15) is 0 Å². The van der Waals surface area contributed by atoms with Crippen LogP contribution in [0.2, 0.25) is 0 Å². The van der Waals surface area contributed by atoms with Crippen molar-refractivity contribution in [3.05, 3.63) is 12.2 Å². The zero-order valence-electron chi connectivity index (χ0n) is 6.18. The molecule has 2 N–H and O–H groups in total. The van der Waals surface area contributed by atoms with Crippen molar-refractivity contribution in [3.8, 4) is 0 Å². The molecule has 0 atom stereocenters. The molecule has 0 spiro atoms. The Morgan fingerprint density at radius 2 is 2.30 bits per heavy atom. The van der Waals surface area contributed by atoms with E-state index in [4.69, 9.17) is 5.11 Å². The van der Waals surface area contributed by atoms with Gasteiger partial charge in [-0.3, -0.25) is 4.79 Å². The summed E-state index contributed by atoms with van der Waals surface area (Å²) >= 11 is 0. The molecule has 3 heteroatoms. The van der Waals surface area contributed by atoms with Crippen LogP contribution in [0.4, 0.5) is 0 Å². The maximum Gasteiger partial charge on any atom is 0.246 e. The highest BCUT2D eigenvalue weighted by Crippen LogP contribution is 2.00. The molecule has 0 fully saturated rings. The molecule has 0 saturated carbocycles. The third kappa shape index (κ3) is 3.25. The van der Waals surface area contributed by atoms with E-state index in [-0.39, 0.29) is 12.5 Å². The molecule has 0 aliphatic rings. The Balaban J connectivity index is 3.52. The van der Waals surface area contributed by atoms with Crippen LogP contribution in [0.5, 0.6) is 0 Å². The number of hydrogen-bond donors (Lipinski definition) is 2. The summed E-state index contributed by atoms with van der Waals surface area (Å²) in [4.78, 5) is 10.7. The summed E-state index contributed by atoms with van der Waals surface area (Å²) in [6.07, 6.45) is 1.17. The molecule has 0 aromatic heterocycles. The Labute approximate surface area is 60.7 Å². The highest BCUT2D eigenvalue weighted by Gasteiger charge is 2.01. The average Bonchev–Trinajstić information content (AvgIpc) is 1.98. The monoisotopic (exact) mass is 143 g/mol. The second-order valence-electron chi connectivity index (χ2n) is 2.01. The highest BCUT2D eigenvalue weighted by atomic mass is 16.2. The summed E-state index contributed by atoms with van der Waals surface area (Å²) < 4.78 is 0. The van der Waals surface area contributed by atoms with Crippen molar-refractivity contribution in [2.75, 3.05) is 13.7 Å². The first-order valence-corrected chi connectivity index (χ1v) is 3.23. The minimum atomic E-state index is -0.145. The van der Waals surface area contributed by atoms with Crippen LogP contribution in [0.15, 0.2) is 12.2 Å². The van der Waals surface area contributed by atoms with E-state index >= 15 is 0 Å². The predicted molar refractivity (Wildman–Crippen MR) is 39.5 cm³/mol. The van der Waals surface area contributed by atoms with Crippen molar-refractivity contribution in [2.24, 2.45) is 0 Å². The Morgan fingerprint density at radius 3 is 2.70 bits per heavy atom. The smallest absolute Gasteiger partial charge is 0.246 e. The molecule has 10 heavy (non-hydrogen) atoms. The van der Waals surface area contributed by atoms with E-state index in [0.717, 1.165) is 0 Å². The van der Waals surface area contributed by atoms with Gasteiger partial charge < -0.3 is 10.4 Å². The van der Waals surface area contributed by atoms with Gasteiger partial charge in [-0.05, 0) is 12.8 Å². The van der Waals surface area contributed by atoms with E-state index in [9.17, 15) is 4.79 Å². The van der Waals surface area contributed by atoms with Gasteiger partial charge in [0.05, 0.1) is 0 Å². The van der Waals surface area contributed by atoms with Crippen LogP contribution in [0.3, 0.4) is 0 Å². The third-order valence-corrected chi connectivity index (χ3v) is 1.18. The topological polar surface area (TPSA) is 49.3 Å². The maximum absolute atomic E-state index is 10.7. The first-order valence-electron chi connectivity index (χ1n) is 3.23. The number of carbonyl (C=O) groups is 1. The average molecular weight is 143 g/mol. The molecule has 58 valence electrons. The fourth-order valence-corrected chi connectivity index (χ4v) is 0.583. The standard InChI is InChI=1S/C7H13NO2/c1-6(4-3-5-9)7(10)8-2/h9H,1,3-5H2,2H3,(H,8,10). The number of likely N-dealkylation sites (N-methyl/N-ethyl adjacent to an activating group) is 1. The second kappa shape index (κ2) is 4.99. The Hall–Kier alpha value is -0.830. The molecule has 0 aliphatic carbocycles. The number of nitrogens with one attached hydrogen (secondary N) is 1. The quantitative estimate of drug-likeness (QED) is 0.547. The molecule has 0 aromatic rings. The molecular formula is C7H13NO2. The van der Waals surface area contributed by atoms with Gasteiger partial charge in [0.2, 0.25) is 5.91 Å². The number of amides is 1. The lowest BCUT2D eigenvalue weighted by atomic mass is 10.1. The van der Waals surface area contributed by atoms with Gasteiger partial charge >= 0.3 is 0 Å². The molecule has 0 aromatic carbocycles. The Bertz CT molecular complexity index is 132. The lowest BCUT2D eigenvalue weighted by molar-refractivity contribution is -0.117. The lowest BCUT2D eigenvalue weighted by Crippen LogP contribution is -2.19. The number of carbonyl (C=O) groups excluding carboxylic acids is 1. The molecule has 3 nitrogen and oxygen atoms in total. The number of hydrogen-bond acceptors (Lipinski definition) is 2. The first-order chi connectivity index (χ1) is 4.72. The Kier molecular flexibility index (Phi) is 4.58. The third-order valence-electron chi connectivity index (χ3n) is 1.18. The van der Waals surface area contributed by atoms with E-state index in [1.165, 1.54) is 0 Å². The zero-order chi connectivity index (χ0) is 7.98. The zero-order valence-corrected chi connectivity index (χ0v) is 6.18. The van der Waals surface area contributed by atoms with Crippen LogP contribution in [-0.4, -0.2) is 24.7 Å². The van der Waals surface area contributed by atoms with Crippen LogP contribution < -0.4 is 5.32 Å². The fourth-order valence-electron chi connectivity index (χ4n) is 0.583. The first kappa shape index (κ1) is 9.17. The normalized spacial score (nSPS) is 9.00. The van der Waals surface area contributed by atoms with Crippen molar-refractivity contribution in [1.82, 2.24) is 5.32 Å². The predicted octanol–water partition coefficient (Wildman–Crippen LogP) is 0.0611. The van der Waals surface area contributed by atoms with Gasteiger partial charge in [0.1, 0.15) is 0 Å². The molecule has 0 aliphatic heterocycles. The second-order valence-corrected chi connectivity index (χ2v) is 2.01. The van der Waals surface area contributed by atoms with Crippen molar-refractivity contribution >= 4 is 5.91 Å². The van der Waals surface area contributed by atoms with Crippen molar-refractivity contribution < 1.29 is 9.90 Å². The summed E-state index contributed by atoms with van der Waals surface area (Å²) in [5.41, 5.74) is 0.525. The molecule has 0 saturated heterocycles. The van der Waals surface area contributed by atoms with Gasteiger partial charge in [-0.1, -0.05) is 6.58 Å². The molecular weight excluding hydrogens is 130 g/mol. The van der Waals surface area contributed by atoms with Crippen LogP contribution in [0, 0.1) is 0 Å². The molecule has 0 bridgehead atoms. The van der Waals surface area contributed by atoms with E-state index < -0.39 is 0 Å². The van der Waals surface area contributed by atoms with Gasteiger partial charge in [-0.15, -0.1) is 0 Å². The van der Waals surface area contributed by atoms with Gasteiger partial charge in [0.15, 0.2) is 0 Å². The van der Waals surface area contributed by atoms with E-state index in [2.05, 4.69) is 11.9 Å². The van der Waals surface area contributed by atoms with E-state index in [1.807, 2.05) is 0 Å². The molecule has 0 heterocycles. The highest BCUT2D eigenvalue weighted by molar-refractivity contribution is 5.92. The van der Waals surface area contributed by atoms with Crippen LogP contribution in [0.25, 0.3) is 0 Å². The molecule has 1 amide bonds. The largest absolute Gasteiger partial charge is 0.396 e. The van der Waals surface area contributed by atoms with Gasteiger partial charge in [0.25, 0.3) is 0 Å². The van der Waals surface area contributed by atoms with Crippen molar-refractivity contribution in [1.29, 1.82) is 0 Å². The van der Waals surface area contributed by atoms with Crippen LogP contribution >= 0.6 is 0 Å². The number of rotatable bonds is 4. The summed E-state index contributed by atoms with van der Waals surface area (Å²) in [6.45, 7) is 3.65. The van der Waals surface area contributed by atoms with E-state index in [0.29, 0.717) is 18.4 Å². The summed E-state index contributed by atoms with van der Waals surface area (Å²) in [6, 6.07) is 0. The Morgan fingerprint density at radius 1 is 1.70 bits per heavy atom. The van der Waals surface area contributed by atoms with Crippen molar-refractivity contribution in [3.63, 3.8) is 0 Å². The number of aliphatic hydroxyl groups is 1. The lowest BCUT2D eigenvalue weighted by Gasteiger charge is -2.00. The number of aliphatic hydroxyl groups excluding tert-OH is 1. The summed E-state index contributed by atoms with van der Waals surface area (Å²) in [5, 5.41) is 10.9. The van der Waals surface area contributed by atoms with Crippen LogP contribution in [0.1, 0.15) is 12.8 Å². The summed E-state index contributed by atoms with van der Waals surface area (Å²) in [7, 11) is 1.56.